The lowest BCUT2D eigenvalue weighted by atomic mass is 9.40. The zero-order chi connectivity index (χ0) is 14.7. The maximum Gasteiger partial charge on any atom is 0.122 e. The fourth-order valence-corrected chi connectivity index (χ4v) is 3.65. The third kappa shape index (κ3) is 3.65. The maximum atomic E-state index is 2.82. The average molecular weight is 259 g/mol. The number of hydrogen-bond acceptors (Lipinski definition) is 1. The van der Waals surface area contributed by atoms with Crippen LogP contribution in [0.5, 0.6) is 0 Å². The lowest BCUT2D eigenvalue weighted by Crippen LogP contribution is -2.51. The molecule has 0 spiro atoms. The van der Waals surface area contributed by atoms with Crippen molar-refractivity contribution in [2.75, 3.05) is 6.54 Å². The van der Waals surface area contributed by atoms with Crippen molar-refractivity contribution < 1.29 is 0 Å². The van der Waals surface area contributed by atoms with Crippen LogP contribution in [0.15, 0.2) is 0 Å². The van der Waals surface area contributed by atoms with Crippen LogP contribution in [0.4, 0.5) is 0 Å². The van der Waals surface area contributed by atoms with Crippen LogP contribution in [0.2, 0.25) is 11.0 Å². The van der Waals surface area contributed by atoms with Crippen LogP contribution in [0.3, 0.4) is 0 Å². The Bertz CT molecular complexity index is 285. The van der Waals surface area contributed by atoms with Gasteiger partial charge >= 0.3 is 0 Å². The van der Waals surface area contributed by atoms with Crippen LogP contribution in [0.1, 0.15) is 59.3 Å². The number of unbranched alkanes of at least 4 members (excludes halogenated alkanes) is 3. The first-order valence-electron chi connectivity index (χ1n) is 8.56. The van der Waals surface area contributed by atoms with E-state index in [0.717, 1.165) is 5.82 Å². The van der Waals surface area contributed by atoms with Gasteiger partial charge in [0.2, 0.25) is 0 Å². The lowest BCUT2D eigenvalue weighted by Gasteiger charge is -2.44. The van der Waals surface area contributed by atoms with E-state index < -0.39 is 0 Å². The van der Waals surface area contributed by atoms with Gasteiger partial charge in [-0.3, -0.25) is 0 Å². The second kappa shape index (κ2) is 6.78. The lowest BCUT2D eigenvalue weighted by molar-refractivity contribution is 0.101. The summed E-state index contributed by atoms with van der Waals surface area (Å²) in [6, 6.07) is 0. The molecule has 1 aliphatic rings. The molecule has 3 unspecified atom stereocenters. The highest BCUT2D eigenvalue weighted by atomic mass is 15.2. The Morgan fingerprint density at radius 1 is 1.16 bits per heavy atom. The van der Waals surface area contributed by atoms with E-state index >= 15 is 0 Å². The fraction of sp³-hybridized carbons (Fsp3) is 1.00. The minimum atomic E-state index is 0.412. The summed E-state index contributed by atoms with van der Waals surface area (Å²) >= 11 is 0. The minimum absolute atomic E-state index is 0.412. The van der Waals surface area contributed by atoms with Crippen molar-refractivity contribution in [2.24, 2.45) is 0 Å². The van der Waals surface area contributed by atoms with Gasteiger partial charge in [0.1, 0.15) is 15.7 Å². The summed E-state index contributed by atoms with van der Waals surface area (Å²) in [6.45, 7) is 8.46. The molecule has 1 nitrogen and oxygen atoms in total. The topological polar surface area (TPSA) is 3.24 Å². The van der Waals surface area contributed by atoms with Gasteiger partial charge in [0.05, 0.1) is 15.7 Å². The molecule has 0 aromatic rings. The van der Waals surface area contributed by atoms with Gasteiger partial charge in [-0.25, -0.2) is 0 Å². The van der Waals surface area contributed by atoms with Crippen molar-refractivity contribution in [3.05, 3.63) is 0 Å². The first-order chi connectivity index (χ1) is 8.79. The highest BCUT2D eigenvalue weighted by Crippen LogP contribution is 2.47. The normalized spacial score (nSPS) is 30.3. The zero-order valence-electron chi connectivity index (χ0n) is 14.6. The van der Waals surface area contributed by atoms with Crippen LogP contribution in [0.25, 0.3) is 0 Å². The van der Waals surface area contributed by atoms with Crippen molar-refractivity contribution >= 4 is 31.4 Å². The van der Waals surface area contributed by atoms with Crippen molar-refractivity contribution in [2.45, 2.75) is 81.8 Å². The first-order valence-corrected chi connectivity index (χ1v) is 8.56. The molecule has 1 fully saturated rings. The van der Waals surface area contributed by atoms with E-state index in [4.69, 9.17) is 0 Å². The molecule has 0 bridgehead atoms. The van der Waals surface area contributed by atoms with E-state index in [0.29, 0.717) is 16.7 Å². The van der Waals surface area contributed by atoms with Crippen molar-refractivity contribution in [1.29, 1.82) is 0 Å². The maximum absolute atomic E-state index is 2.82. The summed E-state index contributed by atoms with van der Waals surface area (Å²) < 4.78 is 0. The summed E-state index contributed by atoms with van der Waals surface area (Å²) in [5, 5.41) is 0.458. The van der Waals surface area contributed by atoms with Gasteiger partial charge in [-0.1, -0.05) is 50.6 Å². The molecule has 1 rings (SSSR count). The number of nitrogens with zero attached hydrogens (tertiary/aromatic N) is 1. The highest BCUT2D eigenvalue weighted by molar-refractivity contribution is 6.47. The summed E-state index contributed by atoms with van der Waals surface area (Å²) in [4.78, 5) is 2.82. The molecule has 0 N–H and O–H groups in total. The van der Waals surface area contributed by atoms with E-state index in [1.165, 1.54) is 45.1 Å². The van der Waals surface area contributed by atoms with Crippen LogP contribution in [0, 0.1) is 0 Å². The molecule has 0 radical (unpaired) electrons. The Kier molecular flexibility index (Phi) is 6.17. The predicted octanol–water partition coefficient (Wildman–Crippen LogP) is 0.204. The quantitative estimate of drug-likeness (QED) is 0.466. The van der Waals surface area contributed by atoms with Crippen LogP contribution in [-0.2, 0) is 0 Å². The van der Waals surface area contributed by atoms with Crippen molar-refractivity contribution in [3.63, 3.8) is 0 Å². The molecule has 0 amide bonds. The third-order valence-electron chi connectivity index (χ3n) is 6.31. The molecule has 3 atom stereocenters. The Hall–Kier alpha value is 0.220. The molecule has 1 heterocycles. The summed E-state index contributed by atoms with van der Waals surface area (Å²) in [6.07, 6.45) is 8.20. The molecular weight excluding hydrogens is 225 g/mol. The minimum Gasteiger partial charge on any atom is -0.304 e. The van der Waals surface area contributed by atoms with E-state index in [1.807, 2.05) is 0 Å². The Labute approximate surface area is 125 Å². The molecular formula is C14H33B4N. The molecule has 1 aliphatic heterocycles. The van der Waals surface area contributed by atoms with Crippen LogP contribution in [-0.4, -0.2) is 54.3 Å². The molecule has 106 valence electrons. The van der Waals surface area contributed by atoms with Crippen LogP contribution < -0.4 is 0 Å². The highest BCUT2D eigenvalue weighted by Gasteiger charge is 2.47. The first kappa shape index (κ1) is 17.3. The molecule has 0 saturated carbocycles. The number of rotatable bonds is 7. The Balaban J connectivity index is 2.68. The summed E-state index contributed by atoms with van der Waals surface area (Å²) in [7, 11) is 9.79. The van der Waals surface area contributed by atoms with Gasteiger partial charge in [-0.2, -0.15) is 0 Å². The van der Waals surface area contributed by atoms with E-state index in [1.54, 1.807) is 0 Å². The number of likely N-dealkylation sites (tertiary alicyclic amines) is 1. The van der Waals surface area contributed by atoms with Crippen molar-refractivity contribution in [3.8, 4) is 0 Å². The second-order valence-corrected chi connectivity index (χ2v) is 7.71. The van der Waals surface area contributed by atoms with Crippen LogP contribution >= 0.6 is 0 Å². The van der Waals surface area contributed by atoms with Gasteiger partial charge < -0.3 is 4.90 Å². The summed E-state index contributed by atoms with van der Waals surface area (Å²) in [5.41, 5.74) is 0.412. The fourth-order valence-electron chi connectivity index (χ4n) is 3.65. The molecule has 0 aromatic heterocycles. The SMILES string of the molecule is BC1CN(C(C)(CC)CCCCCC)C(B)C1(B)B. The number of hydrogen-bond donors (Lipinski definition) is 0. The van der Waals surface area contributed by atoms with Gasteiger partial charge in [-0.15, -0.1) is 0 Å². The largest absolute Gasteiger partial charge is 0.304 e. The van der Waals surface area contributed by atoms with Gasteiger partial charge in [0.15, 0.2) is 0 Å². The van der Waals surface area contributed by atoms with Crippen molar-refractivity contribution in [1.82, 2.24) is 4.90 Å². The average Bonchev–Trinajstić information content (AvgIpc) is 2.58. The smallest absolute Gasteiger partial charge is 0.122 e. The Morgan fingerprint density at radius 2 is 1.79 bits per heavy atom. The molecule has 0 aliphatic carbocycles. The zero-order valence-corrected chi connectivity index (χ0v) is 14.6. The molecule has 5 heteroatoms. The summed E-state index contributed by atoms with van der Waals surface area (Å²) in [5.74, 6) is 1.52. The third-order valence-corrected chi connectivity index (χ3v) is 6.31. The standard InChI is InChI=1S/C14H33B4N/c1-4-6-7-8-9-13(3,5-2)19-10-11(15)14(17,18)12(19)16/h11-12H,4-10,15-18H2,1-3H3. The van der Waals surface area contributed by atoms with Gasteiger partial charge in [0, 0.05) is 5.54 Å². The monoisotopic (exact) mass is 259 g/mol. The second-order valence-electron chi connectivity index (χ2n) is 7.71. The van der Waals surface area contributed by atoms with E-state index in [2.05, 4.69) is 57.1 Å². The molecule has 1 saturated heterocycles. The Morgan fingerprint density at radius 3 is 2.21 bits per heavy atom. The van der Waals surface area contributed by atoms with E-state index in [9.17, 15) is 0 Å². The molecule has 0 aromatic carbocycles. The van der Waals surface area contributed by atoms with Gasteiger partial charge in [0.25, 0.3) is 0 Å². The van der Waals surface area contributed by atoms with E-state index in [-0.39, 0.29) is 0 Å². The molecule has 19 heavy (non-hydrogen) atoms. The predicted molar refractivity (Wildman–Crippen MR) is 98.6 cm³/mol. The van der Waals surface area contributed by atoms with Gasteiger partial charge in [-0.05, 0) is 32.3 Å².